The lowest BCUT2D eigenvalue weighted by Gasteiger charge is -2.38. The molecule has 382 valence electrons. The average molecular weight is 1020 g/mol. The fraction of sp³-hybridized carbons (Fsp3) is 0.481. The minimum Gasteiger partial charge on any atom is -0.494 e. The van der Waals surface area contributed by atoms with Crippen molar-refractivity contribution < 1.29 is 46.6 Å². The van der Waals surface area contributed by atoms with Crippen LogP contribution in [0, 0.1) is 23.7 Å². The number of carbonyl (C=O) groups is 4. The zero-order valence-corrected chi connectivity index (χ0v) is 43.0. The first-order valence-electron chi connectivity index (χ1n) is 23.6. The highest BCUT2D eigenvalue weighted by Gasteiger charge is 2.42. The van der Waals surface area contributed by atoms with Crippen molar-refractivity contribution in [3.05, 3.63) is 94.6 Å². The van der Waals surface area contributed by atoms with Gasteiger partial charge in [-0.1, -0.05) is 57.3 Å². The van der Waals surface area contributed by atoms with E-state index in [9.17, 15) is 32.3 Å². The molecule has 2 N–H and O–H groups in total. The van der Waals surface area contributed by atoms with Crippen molar-refractivity contribution in [1.82, 2.24) is 20.5 Å². The molecular weight excluding hydrogens is 956 g/mol. The van der Waals surface area contributed by atoms with Crippen molar-refractivity contribution in [2.75, 3.05) is 56.4 Å². The van der Waals surface area contributed by atoms with Crippen LogP contribution < -0.4 is 25.2 Å². The number of alkyl halides is 3. The number of halogens is 3. The number of hydrogen-bond donors (Lipinski definition) is 2. The molecular formula is C52H64F3N7O7S2. The lowest BCUT2D eigenvalue weighted by molar-refractivity contribution is -0.144. The molecule has 3 aromatic carbocycles. The number of nitrogens with zero attached hydrogens (tertiary/aromatic N) is 5. The van der Waals surface area contributed by atoms with Crippen LogP contribution in [0.3, 0.4) is 0 Å². The predicted molar refractivity (Wildman–Crippen MR) is 272 cm³/mol. The van der Waals surface area contributed by atoms with Gasteiger partial charge in [0.1, 0.15) is 30.0 Å². The third kappa shape index (κ3) is 15.3. The fourth-order valence-electron chi connectivity index (χ4n) is 8.11. The van der Waals surface area contributed by atoms with Gasteiger partial charge in [0.15, 0.2) is 0 Å². The van der Waals surface area contributed by atoms with E-state index in [1.54, 1.807) is 65.3 Å². The molecule has 1 aromatic heterocycles. The van der Waals surface area contributed by atoms with Crippen molar-refractivity contribution in [1.29, 1.82) is 5.26 Å². The Morgan fingerprint density at radius 2 is 1.59 bits per heavy atom. The molecule has 71 heavy (non-hydrogen) atoms. The van der Waals surface area contributed by atoms with E-state index in [0.717, 1.165) is 58.0 Å². The minimum atomic E-state index is -4.77. The van der Waals surface area contributed by atoms with Crippen LogP contribution in [0.5, 0.6) is 5.75 Å². The van der Waals surface area contributed by atoms with Gasteiger partial charge in [-0.2, -0.15) is 18.4 Å². The topological polar surface area (TPSA) is 166 Å². The molecule has 0 bridgehead atoms. The molecule has 0 aliphatic carbocycles. The molecule has 14 nitrogen and oxygen atoms in total. The summed E-state index contributed by atoms with van der Waals surface area (Å²) in [6.45, 7) is 13.2. The number of aryl methyl sites for hydroxylation is 1. The van der Waals surface area contributed by atoms with Gasteiger partial charge in [0.2, 0.25) is 17.7 Å². The number of hydrogen-bond acceptors (Lipinski definition) is 11. The molecule has 2 atom stereocenters. The summed E-state index contributed by atoms with van der Waals surface area (Å²) in [5, 5.41) is 15.0. The molecule has 1 saturated heterocycles. The zero-order chi connectivity index (χ0) is 51.9. The second-order valence-corrected chi connectivity index (χ2v) is 20.0. The summed E-state index contributed by atoms with van der Waals surface area (Å²) >= 11 is 6.85. The third-order valence-corrected chi connectivity index (χ3v) is 13.4. The normalized spacial score (nSPS) is 14.3. The Bertz CT molecular complexity index is 2490. The van der Waals surface area contributed by atoms with Crippen LogP contribution in [0.25, 0.3) is 10.4 Å². The Kier molecular flexibility index (Phi) is 20.1. The lowest BCUT2D eigenvalue weighted by Crippen LogP contribution is -2.58. The second kappa shape index (κ2) is 25.4. The van der Waals surface area contributed by atoms with E-state index in [1.165, 1.54) is 18.6 Å². The summed E-state index contributed by atoms with van der Waals surface area (Å²) in [6.07, 6.45) is -0.501. The van der Waals surface area contributed by atoms with Crippen molar-refractivity contribution in [3.63, 3.8) is 0 Å². The molecule has 4 amide bonds. The van der Waals surface area contributed by atoms with Gasteiger partial charge in [-0.15, -0.1) is 11.3 Å². The van der Waals surface area contributed by atoms with Gasteiger partial charge in [-0.05, 0) is 118 Å². The molecule has 0 radical (unpaired) electrons. The Morgan fingerprint density at radius 3 is 2.23 bits per heavy atom. The number of likely N-dealkylation sites (N-methyl/N-ethyl adjacent to an activating group) is 1. The molecule has 19 heteroatoms. The smallest absolute Gasteiger partial charge is 0.417 e. The van der Waals surface area contributed by atoms with Crippen LogP contribution in [-0.2, 0) is 41.4 Å². The van der Waals surface area contributed by atoms with E-state index < -0.39 is 52.2 Å². The van der Waals surface area contributed by atoms with Gasteiger partial charge in [-0.25, -0.2) is 4.98 Å². The van der Waals surface area contributed by atoms with Crippen molar-refractivity contribution in [2.24, 2.45) is 5.41 Å². The maximum Gasteiger partial charge on any atom is 0.417 e. The van der Waals surface area contributed by atoms with E-state index in [0.29, 0.717) is 70.2 Å². The highest BCUT2D eigenvalue weighted by Crippen LogP contribution is 2.36. The van der Waals surface area contributed by atoms with Crippen molar-refractivity contribution in [3.8, 4) is 22.3 Å². The van der Waals surface area contributed by atoms with Crippen molar-refractivity contribution >= 4 is 64.0 Å². The quantitative estimate of drug-likeness (QED) is 0.0508. The van der Waals surface area contributed by atoms with Crippen LogP contribution in [0.2, 0.25) is 0 Å². The van der Waals surface area contributed by atoms with Gasteiger partial charge in [0.25, 0.3) is 5.91 Å². The molecule has 1 unspecified atom stereocenters. The summed E-state index contributed by atoms with van der Waals surface area (Å²) < 4.78 is 58.1. The molecule has 4 aromatic rings. The number of anilines is 2. The molecule has 1 fully saturated rings. The number of benzene rings is 3. The maximum atomic E-state index is 13.9. The number of nitrogens with one attached hydrogen (secondary N) is 2. The van der Waals surface area contributed by atoms with Crippen LogP contribution in [0.4, 0.5) is 24.5 Å². The largest absolute Gasteiger partial charge is 0.494 e. The van der Waals surface area contributed by atoms with Gasteiger partial charge in [0, 0.05) is 51.3 Å². The molecule has 1 aliphatic heterocycles. The maximum absolute atomic E-state index is 13.9. The first kappa shape index (κ1) is 56.0. The summed E-state index contributed by atoms with van der Waals surface area (Å²) in [6, 6.07) is 18.2. The number of unbranched alkanes of at least 4 members (excludes halogenated alkanes) is 2. The number of thiocarbonyl (C=S) groups is 1. The van der Waals surface area contributed by atoms with Gasteiger partial charge >= 0.3 is 6.18 Å². The van der Waals surface area contributed by atoms with Gasteiger partial charge in [-0.3, -0.25) is 19.2 Å². The summed E-state index contributed by atoms with van der Waals surface area (Å²) in [5.41, 5.74) is 3.12. The number of carbonyl (C=O) groups excluding carboxylic acids is 4. The van der Waals surface area contributed by atoms with E-state index in [2.05, 4.69) is 15.6 Å². The monoisotopic (exact) mass is 1020 g/mol. The zero-order valence-electron chi connectivity index (χ0n) is 41.4. The Morgan fingerprint density at radius 1 is 0.930 bits per heavy atom. The van der Waals surface area contributed by atoms with Gasteiger partial charge < -0.3 is 39.5 Å². The van der Waals surface area contributed by atoms with E-state index in [1.807, 2.05) is 57.5 Å². The number of amides is 4. The Balaban J connectivity index is 0.947. The van der Waals surface area contributed by atoms with Gasteiger partial charge in [0.05, 0.1) is 45.4 Å². The predicted octanol–water partition coefficient (Wildman–Crippen LogP) is 9.02. The first-order chi connectivity index (χ1) is 33.7. The van der Waals surface area contributed by atoms with E-state index in [4.69, 9.17) is 31.7 Å². The SMILES string of the molecule is Cc1ncsc1-c1ccc(CNC(=O)[C@@H]2CCCN2C(=O)C(NC(=O)COCCCOCCCCCOc2ccc(N(C=S)C(C)(C)C(=O)N(C)c3ccc(C#N)c(C(F)(F)F)c3)cc2)C(C)(C)C)cc1. The van der Waals surface area contributed by atoms with Crippen LogP contribution in [-0.4, -0.2) is 103 Å². The number of likely N-dealkylation sites (tertiary alicyclic amines) is 1. The number of ether oxygens (including phenoxy) is 3. The highest BCUT2D eigenvalue weighted by atomic mass is 32.1. The average Bonchev–Trinajstić information content (AvgIpc) is 4.02. The Labute approximate surface area is 423 Å². The summed E-state index contributed by atoms with van der Waals surface area (Å²) in [4.78, 5) is 63.6. The summed E-state index contributed by atoms with van der Waals surface area (Å²) in [5.74, 6) is -0.841. The van der Waals surface area contributed by atoms with E-state index >= 15 is 0 Å². The van der Waals surface area contributed by atoms with E-state index in [-0.39, 0.29) is 24.1 Å². The highest BCUT2D eigenvalue weighted by molar-refractivity contribution is 7.79. The third-order valence-electron chi connectivity index (χ3n) is 12.2. The minimum absolute atomic E-state index is 0.0187. The standard InChI is InChI=1S/C52H64F3N7O7S2/c1-35-45(71-33-58-35)37-16-14-36(15-17-37)31-57-47(64)43-13-11-24-61(43)48(65)46(50(2,3)4)59-44(63)32-68-27-12-26-67-25-9-8-10-28-69-41-22-20-39(21-23-41)62(34-70)51(5,6)49(66)60(7)40-19-18-38(30-56)42(29-40)52(53,54)55/h14-23,29,33-34,43,46H,8-13,24-28,31-32H2,1-7H3,(H,57,64)(H,59,63)/t43-,46?/m0/s1. The fourth-order valence-corrected chi connectivity index (χ4v) is 9.30. The first-order valence-corrected chi connectivity index (χ1v) is 24.9. The molecule has 5 rings (SSSR count). The van der Waals surface area contributed by atoms with Crippen molar-refractivity contribution in [2.45, 2.75) is 110 Å². The summed E-state index contributed by atoms with van der Waals surface area (Å²) in [7, 11) is 1.37. The number of rotatable bonds is 24. The van der Waals surface area contributed by atoms with Crippen LogP contribution in [0.1, 0.15) is 95.5 Å². The Hall–Kier alpha value is -5.94. The number of aromatic nitrogens is 1. The number of nitriles is 1. The molecule has 2 heterocycles. The molecule has 0 spiro atoms. The number of thiazole rings is 1. The molecule has 1 aliphatic rings. The van der Waals surface area contributed by atoms with Crippen LogP contribution in [0.15, 0.2) is 72.2 Å². The molecule has 0 saturated carbocycles. The second-order valence-electron chi connectivity index (χ2n) is 18.9. The van der Waals surface area contributed by atoms with Crippen LogP contribution >= 0.6 is 23.6 Å². The lowest BCUT2D eigenvalue weighted by atomic mass is 9.85.